The second-order valence-corrected chi connectivity index (χ2v) is 6.87. The quantitative estimate of drug-likeness (QED) is 0.773. The molecule has 26 heavy (non-hydrogen) atoms. The lowest BCUT2D eigenvalue weighted by Gasteiger charge is -2.30. The maximum Gasteiger partial charge on any atom is 0.247 e. The summed E-state index contributed by atoms with van der Waals surface area (Å²) in [6.07, 6.45) is 1.57. The number of phenols is 1. The van der Waals surface area contributed by atoms with Crippen LogP contribution >= 0.6 is 0 Å². The van der Waals surface area contributed by atoms with Gasteiger partial charge in [-0.2, -0.15) is 0 Å². The summed E-state index contributed by atoms with van der Waals surface area (Å²) < 4.78 is 0. The van der Waals surface area contributed by atoms with Crippen molar-refractivity contribution < 1.29 is 15.0 Å². The van der Waals surface area contributed by atoms with E-state index in [2.05, 4.69) is 0 Å². The highest BCUT2D eigenvalue weighted by Crippen LogP contribution is 2.31. The molecule has 0 bridgehead atoms. The number of carbonyl (C=O) groups excluding carboxylic acids is 1. The van der Waals surface area contributed by atoms with Gasteiger partial charge in [0.05, 0.1) is 6.61 Å². The summed E-state index contributed by atoms with van der Waals surface area (Å²) in [5.74, 6) is -0.0339. The lowest BCUT2D eigenvalue weighted by atomic mass is 9.95. The van der Waals surface area contributed by atoms with Crippen molar-refractivity contribution in [3.8, 4) is 5.75 Å². The van der Waals surface area contributed by atoms with E-state index in [1.807, 2.05) is 58.0 Å². The average Bonchev–Trinajstić information content (AvgIpc) is 2.60. The molecule has 0 spiro atoms. The number of nitrogens with zero attached hydrogens (tertiary/aromatic N) is 1. The van der Waals surface area contributed by atoms with Crippen LogP contribution in [0.4, 0.5) is 0 Å². The molecule has 4 heteroatoms. The van der Waals surface area contributed by atoms with E-state index < -0.39 is 0 Å². The van der Waals surface area contributed by atoms with Crippen LogP contribution in [0.15, 0.2) is 54.6 Å². The lowest BCUT2D eigenvalue weighted by molar-refractivity contribution is -0.129. The Morgan fingerprint density at radius 2 is 1.65 bits per heavy atom. The van der Waals surface area contributed by atoms with Crippen LogP contribution in [0.1, 0.15) is 44.4 Å². The van der Waals surface area contributed by atoms with Crippen LogP contribution in [0.5, 0.6) is 5.75 Å². The molecule has 0 aliphatic carbocycles. The van der Waals surface area contributed by atoms with E-state index in [0.717, 1.165) is 5.56 Å². The molecule has 0 unspecified atom stereocenters. The minimum Gasteiger partial charge on any atom is -0.507 e. The standard InChI is InChI=1S/C22H27NO3/c1-15(2)23(16(3)4)22(26)13-19(18-8-6-5-7-9-18)20-12-17(14-24)10-11-21(20)25/h5-13,15-16,24-25H,14H2,1-4H3/b19-13+. The number of aliphatic hydroxyl groups excluding tert-OH is 1. The maximum absolute atomic E-state index is 13.0. The Hall–Kier alpha value is -2.59. The summed E-state index contributed by atoms with van der Waals surface area (Å²) in [7, 11) is 0. The second-order valence-electron chi connectivity index (χ2n) is 6.87. The molecular formula is C22H27NO3. The summed E-state index contributed by atoms with van der Waals surface area (Å²) >= 11 is 0. The van der Waals surface area contributed by atoms with Gasteiger partial charge in [0, 0.05) is 23.7 Å². The van der Waals surface area contributed by atoms with Crippen molar-refractivity contribution >= 4 is 11.5 Å². The zero-order chi connectivity index (χ0) is 19.3. The fraction of sp³-hybridized carbons (Fsp3) is 0.318. The predicted molar refractivity (Wildman–Crippen MR) is 105 cm³/mol. The molecule has 0 atom stereocenters. The van der Waals surface area contributed by atoms with Crippen molar-refractivity contribution in [2.45, 2.75) is 46.4 Å². The summed E-state index contributed by atoms with van der Waals surface area (Å²) in [6.45, 7) is 7.80. The number of rotatable bonds is 6. The van der Waals surface area contributed by atoms with E-state index in [0.29, 0.717) is 16.7 Å². The largest absolute Gasteiger partial charge is 0.507 e. The Balaban J connectivity index is 2.61. The number of hydrogen-bond donors (Lipinski definition) is 2. The van der Waals surface area contributed by atoms with Gasteiger partial charge < -0.3 is 15.1 Å². The Morgan fingerprint density at radius 1 is 1.04 bits per heavy atom. The molecule has 2 N–H and O–H groups in total. The SMILES string of the molecule is CC(C)N(C(=O)/C=C(\c1ccccc1)c1cc(CO)ccc1O)C(C)C. The number of phenolic OH excluding ortho intramolecular Hbond substituents is 1. The van der Waals surface area contributed by atoms with Crippen LogP contribution in [0.3, 0.4) is 0 Å². The van der Waals surface area contributed by atoms with Gasteiger partial charge >= 0.3 is 0 Å². The van der Waals surface area contributed by atoms with E-state index in [1.54, 1.807) is 29.2 Å². The molecule has 0 heterocycles. The Morgan fingerprint density at radius 3 is 2.19 bits per heavy atom. The lowest BCUT2D eigenvalue weighted by Crippen LogP contribution is -2.41. The van der Waals surface area contributed by atoms with Crippen molar-refractivity contribution in [2.75, 3.05) is 0 Å². The van der Waals surface area contributed by atoms with E-state index in [1.165, 1.54) is 0 Å². The molecule has 0 aliphatic heterocycles. The number of hydrogen-bond acceptors (Lipinski definition) is 3. The highest BCUT2D eigenvalue weighted by molar-refractivity contribution is 6.00. The molecule has 0 aromatic heterocycles. The Kier molecular flexibility index (Phi) is 6.58. The van der Waals surface area contributed by atoms with Crippen LogP contribution < -0.4 is 0 Å². The smallest absolute Gasteiger partial charge is 0.247 e. The molecular weight excluding hydrogens is 326 g/mol. The van der Waals surface area contributed by atoms with Crippen molar-refractivity contribution in [2.24, 2.45) is 0 Å². The van der Waals surface area contributed by atoms with Crippen LogP contribution in [0.2, 0.25) is 0 Å². The zero-order valence-corrected chi connectivity index (χ0v) is 15.8. The first-order valence-corrected chi connectivity index (χ1v) is 8.87. The van der Waals surface area contributed by atoms with Gasteiger partial charge in [0.15, 0.2) is 0 Å². The number of aliphatic hydroxyl groups is 1. The molecule has 0 fully saturated rings. The van der Waals surface area contributed by atoms with Crippen LogP contribution in [0.25, 0.3) is 5.57 Å². The zero-order valence-electron chi connectivity index (χ0n) is 15.8. The molecule has 2 rings (SSSR count). The Bertz CT molecular complexity index is 771. The molecule has 0 radical (unpaired) electrons. The first-order chi connectivity index (χ1) is 12.3. The predicted octanol–water partition coefficient (Wildman–Crippen LogP) is 3.96. The highest BCUT2D eigenvalue weighted by Gasteiger charge is 2.20. The van der Waals surface area contributed by atoms with Gasteiger partial charge in [-0.25, -0.2) is 0 Å². The summed E-state index contributed by atoms with van der Waals surface area (Å²) in [6, 6.07) is 14.5. The first-order valence-electron chi connectivity index (χ1n) is 8.87. The fourth-order valence-electron chi connectivity index (χ4n) is 3.13. The normalized spacial score (nSPS) is 11.9. The van der Waals surface area contributed by atoms with Crippen LogP contribution in [-0.2, 0) is 11.4 Å². The molecule has 0 saturated heterocycles. The second kappa shape index (κ2) is 8.68. The van der Waals surface area contributed by atoms with Crippen molar-refractivity contribution in [1.82, 2.24) is 4.90 Å². The fourth-order valence-corrected chi connectivity index (χ4v) is 3.13. The molecule has 2 aromatic rings. The monoisotopic (exact) mass is 353 g/mol. The van der Waals surface area contributed by atoms with E-state index >= 15 is 0 Å². The van der Waals surface area contributed by atoms with Crippen LogP contribution in [0, 0.1) is 0 Å². The third-order valence-electron chi connectivity index (χ3n) is 4.25. The molecule has 1 amide bonds. The number of aromatic hydroxyl groups is 1. The van der Waals surface area contributed by atoms with Gasteiger partial charge in [-0.15, -0.1) is 0 Å². The number of amides is 1. The Labute approximate surface area is 155 Å². The van der Waals surface area contributed by atoms with Crippen molar-refractivity contribution in [3.63, 3.8) is 0 Å². The molecule has 138 valence electrons. The highest BCUT2D eigenvalue weighted by atomic mass is 16.3. The summed E-state index contributed by atoms with van der Waals surface area (Å²) in [4.78, 5) is 14.8. The van der Waals surface area contributed by atoms with Crippen molar-refractivity contribution in [1.29, 1.82) is 0 Å². The third-order valence-corrected chi connectivity index (χ3v) is 4.25. The van der Waals surface area contributed by atoms with Crippen LogP contribution in [-0.4, -0.2) is 33.1 Å². The number of carbonyl (C=O) groups is 1. The molecule has 0 aliphatic rings. The van der Waals surface area contributed by atoms with Gasteiger partial charge in [-0.05, 0) is 56.5 Å². The van der Waals surface area contributed by atoms with Gasteiger partial charge in [0.1, 0.15) is 5.75 Å². The first kappa shape index (κ1) is 19.7. The minimum atomic E-state index is -0.132. The average molecular weight is 353 g/mol. The van der Waals surface area contributed by atoms with E-state index in [-0.39, 0.29) is 30.3 Å². The van der Waals surface area contributed by atoms with Gasteiger partial charge in [0.25, 0.3) is 0 Å². The van der Waals surface area contributed by atoms with Gasteiger partial charge in [-0.1, -0.05) is 36.4 Å². The van der Waals surface area contributed by atoms with Gasteiger partial charge in [-0.3, -0.25) is 4.79 Å². The van der Waals surface area contributed by atoms with Gasteiger partial charge in [0.2, 0.25) is 5.91 Å². The van der Waals surface area contributed by atoms with E-state index in [4.69, 9.17) is 0 Å². The third kappa shape index (κ3) is 4.52. The molecule has 2 aromatic carbocycles. The van der Waals surface area contributed by atoms with Crippen molar-refractivity contribution in [3.05, 3.63) is 71.3 Å². The summed E-state index contributed by atoms with van der Waals surface area (Å²) in [5.41, 5.74) is 2.67. The molecule has 4 nitrogen and oxygen atoms in total. The topological polar surface area (TPSA) is 60.8 Å². The number of benzene rings is 2. The molecule has 0 saturated carbocycles. The maximum atomic E-state index is 13.0. The minimum absolute atomic E-state index is 0.0631. The van der Waals surface area contributed by atoms with E-state index in [9.17, 15) is 15.0 Å². The summed E-state index contributed by atoms with van der Waals surface area (Å²) in [5, 5.41) is 19.8.